The number of benzene rings is 1. The van der Waals surface area contributed by atoms with Gasteiger partial charge in [-0.2, -0.15) is 15.1 Å². The number of amides is 2. The highest BCUT2D eigenvalue weighted by atomic mass is 32.2. The van der Waals surface area contributed by atoms with E-state index < -0.39 is 23.0 Å². The SMILES string of the molecule is Cn1nc(C(C)(C)C)cc1NC(=O)Nc1cc(-c2cc3cnc([S+](C)[O-])nc3n(C)c2=O)ccc1F. The summed E-state index contributed by atoms with van der Waals surface area (Å²) in [5.41, 5.74) is 1.09. The number of hydrogen-bond acceptors (Lipinski definition) is 6. The maximum atomic E-state index is 14.6. The van der Waals surface area contributed by atoms with E-state index in [4.69, 9.17) is 0 Å². The van der Waals surface area contributed by atoms with E-state index in [-0.39, 0.29) is 27.4 Å². The number of pyridine rings is 1. The van der Waals surface area contributed by atoms with Crippen LogP contribution < -0.4 is 16.2 Å². The van der Waals surface area contributed by atoms with E-state index in [9.17, 15) is 18.5 Å². The molecule has 2 amide bonds. The summed E-state index contributed by atoms with van der Waals surface area (Å²) in [6, 6.07) is 6.70. The standard InChI is InChI=1S/C24H26FN7O3S/c1-24(2,3)18-11-19(32(5)30-18)28-22(34)27-17-10-13(7-8-16(17)25)15-9-14-12-26-23(36(6)35)29-20(14)31(4)21(15)33/h7-12H,1-6H3,(H2,27,28,34). The minimum Gasteiger partial charge on any atom is -0.609 e. The molecule has 3 heterocycles. The van der Waals surface area contributed by atoms with Gasteiger partial charge in [-0.3, -0.25) is 19.4 Å². The molecule has 188 valence electrons. The van der Waals surface area contributed by atoms with Crippen molar-refractivity contribution in [2.24, 2.45) is 14.1 Å². The molecule has 0 bridgehead atoms. The van der Waals surface area contributed by atoms with Crippen molar-refractivity contribution in [3.05, 3.63) is 58.4 Å². The Labute approximate surface area is 209 Å². The number of hydrogen-bond donors (Lipinski definition) is 2. The molecule has 0 aliphatic heterocycles. The molecule has 0 aliphatic rings. The average molecular weight is 512 g/mol. The van der Waals surface area contributed by atoms with Gasteiger partial charge in [0.2, 0.25) is 0 Å². The number of aromatic nitrogens is 5. The van der Waals surface area contributed by atoms with Gasteiger partial charge in [0, 0.05) is 53.9 Å². The van der Waals surface area contributed by atoms with Crippen LogP contribution in [0, 0.1) is 5.82 Å². The number of carbonyl (C=O) groups is 1. The van der Waals surface area contributed by atoms with Crippen LogP contribution in [0.4, 0.5) is 20.7 Å². The quantitative estimate of drug-likeness (QED) is 0.318. The van der Waals surface area contributed by atoms with Gasteiger partial charge >= 0.3 is 11.2 Å². The Bertz CT molecular complexity index is 1540. The molecule has 12 heteroatoms. The molecule has 0 radical (unpaired) electrons. The molecule has 0 spiro atoms. The molecule has 36 heavy (non-hydrogen) atoms. The largest absolute Gasteiger partial charge is 0.609 e. The molecule has 1 aromatic carbocycles. The number of rotatable bonds is 4. The topological polar surface area (TPSA) is 130 Å². The maximum Gasteiger partial charge on any atom is 0.344 e. The molecule has 1 unspecified atom stereocenters. The molecule has 2 N–H and O–H groups in total. The summed E-state index contributed by atoms with van der Waals surface area (Å²) in [5, 5.41) is 10.2. The molecule has 0 fully saturated rings. The third-order valence-corrected chi connectivity index (χ3v) is 6.31. The van der Waals surface area contributed by atoms with Gasteiger partial charge in [0.25, 0.3) is 5.56 Å². The first-order valence-electron chi connectivity index (χ1n) is 11.0. The van der Waals surface area contributed by atoms with Crippen molar-refractivity contribution in [1.82, 2.24) is 24.3 Å². The first-order chi connectivity index (χ1) is 16.8. The van der Waals surface area contributed by atoms with Crippen molar-refractivity contribution in [2.75, 3.05) is 16.9 Å². The number of aryl methyl sites for hydroxylation is 2. The molecule has 3 aromatic heterocycles. The van der Waals surface area contributed by atoms with Crippen molar-refractivity contribution < 1.29 is 13.7 Å². The van der Waals surface area contributed by atoms with Gasteiger partial charge in [-0.05, 0) is 23.8 Å². The van der Waals surface area contributed by atoms with Crippen molar-refractivity contribution in [3.8, 4) is 11.1 Å². The highest BCUT2D eigenvalue weighted by Crippen LogP contribution is 2.26. The molecule has 0 aliphatic carbocycles. The summed E-state index contributed by atoms with van der Waals surface area (Å²) in [5.74, 6) is -0.213. The lowest BCUT2D eigenvalue weighted by Crippen LogP contribution is -2.22. The molecular weight excluding hydrogens is 485 g/mol. The lowest BCUT2D eigenvalue weighted by molar-refractivity contribution is 0.262. The van der Waals surface area contributed by atoms with Crippen LogP contribution in [0.5, 0.6) is 0 Å². The number of anilines is 2. The smallest absolute Gasteiger partial charge is 0.344 e. The summed E-state index contributed by atoms with van der Waals surface area (Å²) < 4.78 is 29.2. The maximum absolute atomic E-state index is 14.6. The second-order valence-corrected chi connectivity index (χ2v) is 10.6. The predicted octanol–water partition coefficient (Wildman–Crippen LogP) is 3.55. The fraction of sp³-hybridized carbons (Fsp3) is 0.292. The summed E-state index contributed by atoms with van der Waals surface area (Å²) in [6.45, 7) is 6.02. The van der Waals surface area contributed by atoms with Gasteiger partial charge in [-0.1, -0.05) is 26.8 Å². The third-order valence-electron chi connectivity index (χ3n) is 5.60. The Balaban J connectivity index is 1.65. The van der Waals surface area contributed by atoms with Gasteiger partial charge in [-0.25, -0.2) is 9.18 Å². The van der Waals surface area contributed by atoms with Gasteiger partial charge < -0.3 is 9.87 Å². The van der Waals surface area contributed by atoms with Gasteiger partial charge in [0.15, 0.2) is 5.65 Å². The number of fused-ring (bicyclic) bond motifs is 1. The number of nitrogens with zero attached hydrogens (tertiary/aromatic N) is 5. The Morgan fingerprint density at radius 1 is 1.14 bits per heavy atom. The zero-order valence-electron chi connectivity index (χ0n) is 20.7. The highest BCUT2D eigenvalue weighted by molar-refractivity contribution is 7.90. The minimum absolute atomic E-state index is 0.0988. The minimum atomic E-state index is -1.40. The predicted molar refractivity (Wildman–Crippen MR) is 137 cm³/mol. The highest BCUT2D eigenvalue weighted by Gasteiger charge is 2.20. The average Bonchev–Trinajstić information content (AvgIpc) is 3.18. The van der Waals surface area contributed by atoms with E-state index in [0.717, 1.165) is 5.69 Å². The molecule has 0 saturated carbocycles. The Morgan fingerprint density at radius 2 is 1.86 bits per heavy atom. The summed E-state index contributed by atoms with van der Waals surface area (Å²) >= 11 is -1.40. The number of carbonyl (C=O) groups excluding carboxylic acids is 1. The van der Waals surface area contributed by atoms with Crippen LogP contribution in [0.2, 0.25) is 0 Å². The number of halogens is 1. The summed E-state index contributed by atoms with van der Waals surface area (Å²) in [6.07, 6.45) is 2.94. The molecular formula is C24H26FN7O3S. The fourth-order valence-electron chi connectivity index (χ4n) is 3.59. The second-order valence-electron chi connectivity index (χ2n) is 9.37. The van der Waals surface area contributed by atoms with E-state index in [1.165, 1.54) is 39.9 Å². The first kappa shape index (κ1) is 25.3. The molecule has 4 rings (SSSR count). The van der Waals surface area contributed by atoms with Crippen LogP contribution in [0.3, 0.4) is 0 Å². The number of nitrogens with one attached hydrogen (secondary N) is 2. The van der Waals surface area contributed by atoms with Crippen molar-refractivity contribution in [2.45, 2.75) is 31.3 Å². The van der Waals surface area contributed by atoms with Crippen LogP contribution in [0.1, 0.15) is 26.5 Å². The van der Waals surface area contributed by atoms with E-state index in [2.05, 4.69) is 25.7 Å². The van der Waals surface area contributed by atoms with Crippen molar-refractivity contribution in [1.29, 1.82) is 0 Å². The van der Waals surface area contributed by atoms with E-state index in [1.54, 1.807) is 26.2 Å². The van der Waals surface area contributed by atoms with E-state index in [1.807, 2.05) is 20.8 Å². The summed E-state index contributed by atoms with van der Waals surface area (Å²) in [4.78, 5) is 34.0. The van der Waals surface area contributed by atoms with E-state index in [0.29, 0.717) is 22.4 Å². The molecule has 10 nitrogen and oxygen atoms in total. The van der Waals surface area contributed by atoms with Crippen LogP contribution >= 0.6 is 0 Å². The van der Waals surface area contributed by atoms with Gasteiger partial charge in [0.1, 0.15) is 17.9 Å². The molecule has 1 atom stereocenters. The Kier molecular flexibility index (Phi) is 6.58. The molecule has 0 saturated heterocycles. The van der Waals surface area contributed by atoms with Crippen molar-refractivity contribution in [3.63, 3.8) is 0 Å². The van der Waals surface area contributed by atoms with Crippen LogP contribution in [-0.4, -0.2) is 41.2 Å². The van der Waals surface area contributed by atoms with Gasteiger partial charge in [-0.15, -0.1) is 0 Å². The first-order valence-corrected chi connectivity index (χ1v) is 12.5. The Hall–Kier alpha value is -3.77. The zero-order chi connectivity index (χ0) is 26.4. The zero-order valence-corrected chi connectivity index (χ0v) is 21.5. The van der Waals surface area contributed by atoms with Crippen molar-refractivity contribution >= 4 is 39.7 Å². The third kappa shape index (κ3) is 4.95. The fourth-order valence-corrected chi connectivity index (χ4v) is 4.00. The monoisotopic (exact) mass is 511 g/mol. The lowest BCUT2D eigenvalue weighted by atomic mass is 9.92. The normalized spacial score (nSPS) is 12.6. The van der Waals surface area contributed by atoms with Crippen LogP contribution in [0.15, 0.2) is 46.5 Å². The van der Waals surface area contributed by atoms with E-state index >= 15 is 0 Å². The summed E-state index contributed by atoms with van der Waals surface area (Å²) in [7, 11) is 3.24. The van der Waals surface area contributed by atoms with Crippen LogP contribution in [-0.2, 0) is 30.7 Å². The van der Waals surface area contributed by atoms with Crippen LogP contribution in [0.25, 0.3) is 22.2 Å². The lowest BCUT2D eigenvalue weighted by Gasteiger charge is -2.13. The Morgan fingerprint density at radius 3 is 2.50 bits per heavy atom. The van der Waals surface area contributed by atoms with Gasteiger partial charge in [0.05, 0.1) is 11.4 Å². The second kappa shape index (κ2) is 9.36. The molecule has 4 aromatic rings. The number of urea groups is 1.